The van der Waals surface area contributed by atoms with Gasteiger partial charge in [-0.2, -0.15) is 0 Å². The number of anilines is 1. The normalized spacial score (nSPS) is 23.4. The molecule has 236 valence electrons. The molecule has 1 amide bonds. The van der Waals surface area contributed by atoms with E-state index in [1.54, 1.807) is 19.1 Å². The molecule has 1 aromatic heterocycles. The summed E-state index contributed by atoms with van der Waals surface area (Å²) in [6, 6.07) is 24.0. The summed E-state index contributed by atoms with van der Waals surface area (Å²) in [4.78, 5) is 16.0. The molecular formula is C35H42N4O5Si. The molecule has 0 aliphatic carbocycles. The first-order chi connectivity index (χ1) is 21.6. The second-order valence-corrected chi connectivity index (χ2v) is 17.4. The van der Waals surface area contributed by atoms with Crippen LogP contribution in [0.4, 0.5) is 5.69 Å². The van der Waals surface area contributed by atoms with Gasteiger partial charge in [0.05, 0.1) is 52.3 Å². The molecule has 9 nitrogen and oxygen atoms in total. The van der Waals surface area contributed by atoms with E-state index in [1.807, 2.05) is 78.6 Å². The smallest absolute Gasteiger partial charge is 0.264 e. The van der Waals surface area contributed by atoms with Gasteiger partial charge in [-0.25, -0.2) is 0 Å². The number of nitrogens with zero attached hydrogens (tertiary/aromatic N) is 4. The van der Waals surface area contributed by atoms with Crippen molar-refractivity contribution in [3.63, 3.8) is 0 Å². The van der Waals surface area contributed by atoms with E-state index in [9.17, 15) is 9.90 Å². The van der Waals surface area contributed by atoms with Gasteiger partial charge in [-0.05, 0) is 47.9 Å². The quantitative estimate of drug-likeness (QED) is 0.255. The third-order valence-corrected chi connectivity index (χ3v) is 14.5. The van der Waals surface area contributed by atoms with Gasteiger partial charge in [-0.1, -0.05) is 72.9 Å². The molecular weight excluding hydrogens is 584 g/mol. The molecule has 10 heteroatoms. The van der Waals surface area contributed by atoms with Crippen LogP contribution in [0.3, 0.4) is 0 Å². The number of hydrogen-bond acceptors (Lipinski definition) is 7. The molecule has 1 N–H and O–H groups in total. The average Bonchev–Trinajstić information content (AvgIpc) is 3.71. The molecule has 5 atom stereocenters. The summed E-state index contributed by atoms with van der Waals surface area (Å²) >= 11 is 0. The topological polar surface area (TPSA) is 98.9 Å². The van der Waals surface area contributed by atoms with Crippen molar-refractivity contribution in [1.29, 1.82) is 0 Å². The summed E-state index contributed by atoms with van der Waals surface area (Å²) < 4.78 is 20.0. The van der Waals surface area contributed by atoms with Crippen LogP contribution in [-0.2, 0) is 21.7 Å². The first-order valence-electron chi connectivity index (χ1n) is 15.5. The zero-order chi connectivity index (χ0) is 31.9. The molecule has 1 saturated heterocycles. The van der Waals surface area contributed by atoms with Crippen LogP contribution in [0.2, 0.25) is 18.6 Å². The predicted octanol–water partition coefficient (Wildman–Crippen LogP) is 4.70. The molecule has 3 aromatic carbocycles. The SMILES string of the molecule is COc1ccc([Si](C)(C)[C@@H]2[C@@H](CCn3cc(C(CO)c4ccccc4)nn3)O[C@]3(C(=O)N(C)c4ccc(OC)cc43)[C@H]2C)cc1. The summed E-state index contributed by atoms with van der Waals surface area (Å²) in [7, 11) is 2.89. The minimum absolute atomic E-state index is 0.0398. The number of ether oxygens (including phenoxy) is 3. The van der Waals surface area contributed by atoms with Gasteiger partial charge in [-0.3, -0.25) is 9.48 Å². The van der Waals surface area contributed by atoms with E-state index < -0.39 is 13.7 Å². The van der Waals surface area contributed by atoms with Crippen LogP contribution in [0, 0.1) is 5.92 Å². The number of fused-ring (bicyclic) bond motifs is 2. The molecule has 2 aliphatic rings. The van der Waals surface area contributed by atoms with E-state index >= 15 is 0 Å². The second kappa shape index (κ2) is 12.1. The lowest BCUT2D eigenvalue weighted by Gasteiger charge is -2.37. The highest BCUT2D eigenvalue weighted by Crippen LogP contribution is 2.60. The number of rotatable bonds is 10. The Morgan fingerprint density at radius 3 is 2.38 bits per heavy atom. The fourth-order valence-electron chi connectivity index (χ4n) is 7.69. The van der Waals surface area contributed by atoms with Crippen molar-refractivity contribution in [2.75, 3.05) is 32.8 Å². The van der Waals surface area contributed by atoms with Gasteiger partial charge >= 0.3 is 0 Å². The number of carbonyl (C=O) groups is 1. The Kier molecular flexibility index (Phi) is 8.32. The van der Waals surface area contributed by atoms with Crippen LogP contribution in [-0.4, -0.2) is 68.1 Å². The van der Waals surface area contributed by atoms with E-state index in [1.165, 1.54) is 5.19 Å². The van der Waals surface area contributed by atoms with Gasteiger partial charge < -0.3 is 24.2 Å². The summed E-state index contributed by atoms with van der Waals surface area (Å²) in [5.41, 5.74) is 2.43. The van der Waals surface area contributed by atoms with Crippen molar-refractivity contribution >= 4 is 24.9 Å². The van der Waals surface area contributed by atoms with Crippen LogP contribution in [0.1, 0.15) is 36.1 Å². The maximum absolute atomic E-state index is 14.3. The van der Waals surface area contributed by atoms with Crippen molar-refractivity contribution in [3.8, 4) is 11.5 Å². The summed E-state index contributed by atoms with van der Waals surface area (Å²) in [6.07, 6.45) is 2.35. The zero-order valence-electron chi connectivity index (χ0n) is 26.8. The van der Waals surface area contributed by atoms with Gasteiger partial charge in [0.1, 0.15) is 11.5 Å². The highest BCUT2D eigenvalue weighted by molar-refractivity contribution is 6.91. The predicted molar refractivity (Wildman–Crippen MR) is 176 cm³/mol. The number of aliphatic hydroxyl groups is 1. The number of amides is 1. The van der Waals surface area contributed by atoms with E-state index in [0.717, 1.165) is 28.3 Å². The van der Waals surface area contributed by atoms with E-state index in [0.29, 0.717) is 18.7 Å². The van der Waals surface area contributed by atoms with Crippen molar-refractivity contribution in [3.05, 3.63) is 95.8 Å². The van der Waals surface area contributed by atoms with Crippen molar-refractivity contribution in [2.24, 2.45) is 5.92 Å². The van der Waals surface area contributed by atoms with Crippen molar-refractivity contribution < 1.29 is 24.1 Å². The minimum atomic E-state index is -2.26. The average molecular weight is 627 g/mol. The number of aliphatic hydroxyl groups excluding tert-OH is 1. The monoisotopic (exact) mass is 626 g/mol. The van der Waals surface area contributed by atoms with Gasteiger partial charge in [0, 0.05) is 31.3 Å². The summed E-state index contributed by atoms with van der Waals surface area (Å²) in [6.45, 7) is 7.44. The van der Waals surface area contributed by atoms with Crippen LogP contribution in [0.25, 0.3) is 0 Å². The van der Waals surface area contributed by atoms with E-state index in [2.05, 4.69) is 42.5 Å². The lowest BCUT2D eigenvalue weighted by atomic mass is 9.82. The summed E-state index contributed by atoms with van der Waals surface area (Å²) in [5, 5.41) is 20.3. The Morgan fingerprint density at radius 2 is 1.71 bits per heavy atom. The molecule has 45 heavy (non-hydrogen) atoms. The molecule has 1 unspecified atom stereocenters. The highest BCUT2D eigenvalue weighted by atomic mass is 28.3. The standard InChI is InChI=1S/C35H42N4O5Si/c1-23-33(45(5,6)27-15-12-25(42-3)13-16-27)32(44-35(23)29-20-26(43-4)14-17-31(29)38(2)34(35)41)18-19-39-21-30(36-37-39)28(22-40)24-10-8-7-9-11-24/h7-17,20-21,23,28,32-33,40H,18-19,22H2,1-6H3/t23-,28?,32+,33-,35+/m0/s1. The maximum atomic E-state index is 14.3. The molecule has 0 saturated carbocycles. The Bertz CT molecular complexity index is 1660. The molecule has 0 bridgehead atoms. The highest BCUT2D eigenvalue weighted by Gasteiger charge is 2.65. The molecule has 1 fully saturated rings. The van der Waals surface area contributed by atoms with Crippen molar-refractivity contribution in [2.45, 2.75) is 56.1 Å². The Hall–Kier alpha value is -3.99. The van der Waals surface area contributed by atoms with Crippen LogP contribution >= 0.6 is 0 Å². The fraction of sp³-hybridized carbons (Fsp3) is 0.400. The van der Waals surface area contributed by atoms with Crippen LogP contribution in [0.15, 0.2) is 79.0 Å². The molecule has 1 spiro atoms. The van der Waals surface area contributed by atoms with Gasteiger partial charge in [0.25, 0.3) is 5.91 Å². The number of likely N-dealkylation sites (N-methyl/N-ethyl adjacent to an activating group) is 1. The molecule has 4 aromatic rings. The Labute approximate surface area is 265 Å². The van der Waals surface area contributed by atoms with Crippen LogP contribution in [0.5, 0.6) is 11.5 Å². The van der Waals surface area contributed by atoms with Crippen molar-refractivity contribution in [1.82, 2.24) is 15.0 Å². The minimum Gasteiger partial charge on any atom is -0.497 e. The molecule has 6 rings (SSSR count). The fourth-order valence-corrected chi connectivity index (χ4v) is 11.8. The first kappa shape index (κ1) is 31.0. The lowest BCUT2D eigenvalue weighted by molar-refractivity contribution is -0.145. The third kappa shape index (κ3) is 5.14. The van der Waals surface area contributed by atoms with E-state index in [4.69, 9.17) is 14.2 Å². The second-order valence-electron chi connectivity index (χ2n) is 12.7. The third-order valence-electron chi connectivity index (χ3n) is 10.1. The number of aromatic nitrogens is 3. The Morgan fingerprint density at radius 1 is 1.02 bits per heavy atom. The Balaban J connectivity index is 1.36. The molecule has 0 radical (unpaired) electrons. The number of aryl methyl sites for hydroxylation is 1. The van der Waals surface area contributed by atoms with Gasteiger partial charge in [0.2, 0.25) is 0 Å². The van der Waals surface area contributed by atoms with Gasteiger partial charge in [-0.15, -0.1) is 5.10 Å². The van der Waals surface area contributed by atoms with Gasteiger partial charge in [0.15, 0.2) is 5.60 Å². The number of hydrogen-bond donors (Lipinski definition) is 1. The number of methoxy groups -OCH3 is 2. The van der Waals surface area contributed by atoms with E-state index in [-0.39, 0.29) is 36.0 Å². The van der Waals surface area contributed by atoms with Crippen LogP contribution < -0.4 is 19.6 Å². The molecule has 3 heterocycles. The number of carbonyl (C=O) groups excluding carboxylic acids is 1. The lowest BCUT2D eigenvalue weighted by Crippen LogP contribution is -2.51. The zero-order valence-corrected chi connectivity index (χ0v) is 27.8. The first-order valence-corrected chi connectivity index (χ1v) is 18.6. The maximum Gasteiger partial charge on any atom is 0.264 e. The summed E-state index contributed by atoms with van der Waals surface area (Å²) in [5.74, 6) is 1.13. The molecule has 2 aliphatic heterocycles. The number of benzene rings is 3. The largest absolute Gasteiger partial charge is 0.497 e.